The topological polar surface area (TPSA) is 67.8 Å². The second-order valence-electron chi connectivity index (χ2n) is 5.52. The van der Waals surface area contributed by atoms with Crippen molar-refractivity contribution in [2.75, 3.05) is 0 Å². The first-order valence-corrected chi connectivity index (χ1v) is 7.64. The quantitative estimate of drug-likeness (QED) is 0.600. The Balaban J connectivity index is 0.00000182. The monoisotopic (exact) mass is 397 g/mol. The number of quaternary nitrogens is 1. The third-order valence-electron chi connectivity index (χ3n) is 3.88. The number of halogens is 1. The molecule has 4 rings (SSSR count). The zero-order valence-corrected chi connectivity index (χ0v) is 15.4. The first-order chi connectivity index (χ1) is 11.7. The van der Waals surface area contributed by atoms with Crippen LogP contribution in [-0.4, -0.2) is 20.9 Å². The molecule has 8 heteroatoms. The van der Waals surface area contributed by atoms with Gasteiger partial charge in [-0.05, 0) is 13.8 Å². The minimum absolute atomic E-state index is 0. The Kier molecular flexibility index (Phi) is 4.56. The van der Waals surface area contributed by atoms with Crippen LogP contribution in [0.2, 0.25) is 0 Å². The van der Waals surface area contributed by atoms with Gasteiger partial charge in [0.2, 0.25) is 11.5 Å². The van der Waals surface area contributed by atoms with Gasteiger partial charge in [0, 0.05) is 27.7 Å². The summed E-state index contributed by atoms with van der Waals surface area (Å²) in [5.41, 5.74) is 3.38. The van der Waals surface area contributed by atoms with E-state index in [0.717, 1.165) is 22.6 Å². The summed E-state index contributed by atoms with van der Waals surface area (Å²) in [6.45, 7) is 3.82. The first-order valence-electron chi connectivity index (χ1n) is 7.64. The molecule has 0 fully saturated rings. The van der Waals surface area contributed by atoms with E-state index in [-0.39, 0.29) is 21.8 Å². The third-order valence-corrected chi connectivity index (χ3v) is 3.88. The molecule has 7 nitrogen and oxygen atoms in total. The number of aryl methyl sites for hydroxylation is 2. The summed E-state index contributed by atoms with van der Waals surface area (Å²) in [7, 11) is 0. The lowest BCUT2D eigenvalue weighted by Crippen LogP contribution is -3.00. The van der Waals surface area contributed by atoms with Crippen LogP contribution in [0.3, 0.4) is 0 Å². The van der Waals surface area contributed by atoms with Gasteiger partial charge in [0.05, 0.1) is 16.6 Å². The molecule has 0 bridgehead atoms. The zero-order chi connectivity index (χ0) is 16.6. The SMILES string of the molecule is Cc1nn([N+]2(c3ccccc3)N=NC(c3ccccc3)=N2)nc1C.[Br-]. The average Bonchev–Trinajstić information content (AvgIpc) is 3.22. The number of nitrogens with zero attached hydrogens (tertiary/aromatic N) is 7. The number of aromatic nitrogens is 3. The van der Waals surface area contributed by atoms with Crippen molar-refractivity contribution in [2.45, 2.75) is 13.8 Å². The molecule has 2 heterocycles. The predicted octanol–water partition coefficient (Wildman–Crippen LogP) is 0.412. The molecule has 0 radical (unpaired) electrons. The van der Waals surface area contributed by atoms with Crippen molar-refractivity contribution in [1.82, 2.24) is 19.9 Å². The summed E-state index contributed by atoms with van der Waals surface area (Å²) in [6.07, 6.45) is 0. The standard InChI is InChI=1S/C17H16N7.BrH/c1-13-14(2)20-23(19-13)24(16-11-7-4-8-12-16)21-17(18-22-24)15-9-5-3-6-10-15;/h3-12H,1-2H3;1H/q+1;/p-1. The fourth-order valence-electron chi connectivity index (χ4n) is 2.46. The maximum absolute atomic E-state index is 4.74. The van der Waals surface area contributed by atoms with Gasteiger partial charge in [-0.3, -0.25) is 0 Å². The van der Waals surface area contributed by atoms with Crippen LogP contribution in [0.25, 0.3) is 0 Å². The number of amidine groups is 1. The summed E-state index contributed by atoms with van der Waals surface area (Å²) in [4.78, 5) is 1.21. The van der Waals surface area contributed by atoms with Crippen LogP contribution in [-0.2, 0) is 0 Å². The summed E-state index contributed by atoms with van der Waals surface area (Å²) in [5.74, 6) is 0.548. The van der Waals surface area contributed by atoms with E-state index in [9.17, 15) is 0 Å². The van der Waals surface area contributed by atoms with E-state index in [1.54, 1.807) is 0 Å². The summed E-state index contributed by atoms with van der Waals surface area (Å²) >= 11 is 0. The largest absolute Gasteiger partial charge is 1.00 e. The molecule has 0 N–H and O–H groups in total. The number of benzene rings is 2. The number of rotatable bonds is 3. The van der Waals surface area contributed by atoms with E-state index < -0.39 is 0 Å². The Morgan fingerprint density at radius 3 is 1.96 bits per heavy atom. The molecule has 0 saturated carbocycles. The molecule has 2 aromatic carbocycles. The summed E-state index contributed by atoms with van der Waals surface area (Å²) < 4.78 is 0. The molecule has 3 aromatic rings. The van der Waals surface area contributed by atoms with E-state index in [4.69, 9.17) is 5.10 Å². The fraction of sp³-hybridized carbons (Fsp3) is 0.118. The Morgan fingerprint density at radius 2 is 1.36 bits per heavy atom. The lowest BCUT2D eigenvalue weighted by molar-refractivity contribution is -0.00000523. The maximum atomic E-state index is 4.74. The van der Waals surface area contributed by atoms with Gasteiger partial charge in [0.15, 0.2) is 0 Å². The van der Waals surface area contributed by atoms with Crippen LogP contribution < -0.4 is 21.8 Å². The van der Waals surface area contributed by atoms with Gasteiger partial charge in [-0.15, -0.1) is 10.2 Å². The van der Waals surface area contributed by atoms with Crippen molar-refractivity contribution < 1.29 is 17.0 Å². The van der Waals surface area contributed by atoms with E-state index in [0.29, 0.717) is 5.84 Å². The molecule has 25 heavy (non-hydrogen) atoms. The number of hydrogen-bond donors (Lipinski definition) is 0. The molecule has 0 aliphatic carbocycles. The van der Waals surface area contributed by atoms with Crippen LogP contribution in [0, 0.1) is 13.8 Å². The lowest BCUT2D eigenvalue weighted by Gasteiger charge is -2.16. The van der Waals surface area contributed by atoms with Gasteiger partial charge in [-0.2, -0.15) is 0 Å². The van der Waals surface area contributed by atoms with Crippen LogP contribution in [0.15, 0.2) is 76.1 Å². The molecular weight excluding hydrogens is 382 g/mol. The van der Waals surface area contributed by atoms with Crippen LogP contribution >= 0.6 is 0 Å². The molecule has 0 saturated heterocycles. The Bertz CT molecular complexity index is 915. The van der Waals surface area contributed by atoms with Gasteiger partial charge < -0.3 is 17.0 Å². The molecule has 0 amide bonds. The second kappa shape index (κ2) is 6.66. The smallest absolute Gasteiger partial charge is 0.248 e. The average molecular weight is 398 g/mol. The normalized spacial score (nSPS) is 18.7. The lowest BCUT2D eigenvalue weighted by atomic mass is 10.2. The van der Waals surface area contributed by atoms with E-state index in [1.165, 1.54) is 4.91 Å². The van der Waals surface area contributed by atoms with Crippen molar-refractivity contribution in [1.29, 1.82) is 0 Å². The molecule has 126 valence electrons. The summed E-state index contributed by atoms with van der Waals surface area (Å²) in [6, 6.07) is 19.4. The number of hydrogen-bond acceptors (Lipinski definition) is 5. The van der Waals surface area contributed by atoms with Crippen molar-refractivity contribution in [2.24, 2.45) is 15.4 Å². The molecule has 1 aliphatic heterocycles. The Morgan fingerprint density at radius 1 is 0.800 bits per heavy atom. The highest BCUT2D eigenvalue weighted by Crippen LogP contribution is 2.30. The third kappa shape index (κ3) is 2.90. The molecule has 1 aliphatic rings. The van der Waals surface area contributed by atoms with E-state index in [1.807, 2.05) is 74.5 Å². The van der Waals surface area contributed by atoms with Crippen molar-refractivity contribution in [3.8, 4) is 0 Å². The molecule has 0 spiro atoms. The van der Waals surface area contributed by atoms with Crippen LogP contribution in [0.5, 0.6) is 0 Å². The van der Waals surface area contributed by atoms with Crippen LogP contribution in [0.4, 0.5) is 5.69 Å². The van der Waals surface area contributed by atoms with E-state index >= 15 is 0 Å². The Labute approximate surface area is 155 Å². The molecular formula is C17H16BrN7. The maximum Gasteiger partial charge on any atom is 0.248 e. The highest BCUT2D eigenvalue weighted by molar-refractivity contribution is 6.00. The Hall–Kier alpha value is -2.71. The highest BCUT2D eigenvalue weighted by atomic mass is 79.9. The van der Waals surface area contributed by atoms with E-state index in [2.05, 4.69) is 20.5 Å². The minimum Gasteiger partial charge on any atom is -1.00 e. The van der Waals surface area contributed by atoms with Gasteiger partial charge in [-0.25, -0.2) is 0 Å². The van der Waals surface area contributed by atoms with Gasteiger partial charge in [0.1, 0.15) is 4.81 Å². The first kappa shape index (κ1) is 17.1. The van der Waals surface area contributed by atoms with Gasteiger partial charge >= 0.3 is 0 Å². The fourth-order valence-corrected chi connectivity index (χ4v) is 2.46. The van der Waals surface area contributed by atoms with Gasteiger partial charge in [-0.1, -0.05) is 53.6 Å². The van der Waals surface area contributed by atoms with Crippen molar-refractivity contribution in [3.63, 3.8) is 0 Å². The second-order valence-corrected chi connectivity index (χ2v) is 5.52. The zero-order valence-electron chi connectivity index (χ0n) is 13.8. The molecule has 1 atom stereocenters. The van der Waals surface area contributed by atoms with Gasteiger partial charge in [0.25, 0.3) is 0 Å². The molecule has 1 aromatic heterocycles. The molecule has 1 unspecified atom stereocenters. The highest BCUT2D eigenvalue weighted by Gasteiger charge is 2.43. The minimum atomic E-state index is -0.278. The predicted molar refractivity (Wildman–Crippen MR) is 91.0 cm³/mol. The van der Waals surface area contributed by atoms with Crippen molar-refractivity contribution in [3.05, 3.63) is 77.6 Å². The summed E-state index contributed by atoms with van der Waals surface area (Å²) in [5, 5.41) is 22.4. The van der Waals surface area contributed by atoms with Crippen molar-refractivity contribution >= 4 is 11.5 Å². The van der Waals surface area contributed by atoms with Crippen LogP contribution in [0.1, 0.15) is 17.0 Å².